The second kappa shape index (κ2) is 6.74. The van der Waals surface area contributed by atoms with E-state index in [9.17, 15) is 22.4 Å². The molecule has 2 aliphatic rings. The molecule has 2 amide bonds. The Morgan fingerprint density at radius 2 is 1.92 bits per heavy atom. The van der Waals surface area contributed by atoms with E-state index in [1.165, 1.54) is 6.07 Å². The van der Waals surface area contributed by atoms with E-state index in [4.69, 9.17) is 0 Å². The topological polar surface area (TPSA) is 92.3 Å². The fourth-order valence-electron chi connectivity index (χ4n) is 3.10. The minimum Gasteiger partial charge on any atom is -0.355 e. The summed E-state index contributed by atoms with van der Waals surface area (Å²) in [5.41, 5.74) is -0.588. The Hall–Kier alpha value is -1.96. The molecule has 1 aliphatic heterocycles. The van der Waals surface area contributed by atoms with Crippen LogP contribution in [-0.4, -0.2) is 44.3 Å². The first-order valence-electron chi connectivity index (χ1n) is 8.35. The van der Waals surface area contributed by atoms with E-state index in [1.807, 2.05) is 0 Å². The lowest BCUT2D eigenvalue weighted by atomic mass is 10.0. The van der Waals surface area contributed by atoms with E-state index in [2.05, 4.69) is 10.6 Å². The summed E-state index contributed by atoms with van der Waals surface area (Å²) in [6, 6.07) is 5.93. The fourth-order valence-corrected chi connectivity index (χ4v) is 4.77. The van der Waals surface area contributed by atoms with Gasteiger partial charge in [0.2, 0.25) is 11.8 Å². The molecule has 1 aromatic rings. The van der Waals surface area contributed by atoms with E-state index in [0.717, 1.165) is 0 Å². The van der Waals surface area contributed by atoms with Crippen molar-refractivity contribution in [2.24, 2.45) is 5.41 Å². The van der Waals surface area contributed by atoms with Crippen molar-refractivity contribution in [2.45, 2.75) is 31.7 Å². The first-order valence-corrected chi connectivity index (χ1v) is 10.2. The summed E-state index contributed by atoms with van der Waals surface area (Å²) in [4.78, 5) is 24.8. The predicted molar refractivity (Wildman–Crippen MR) is 90.0 cm³/mol. The Morgan fingerprint density at radius 3 is 2.52 bits per heavy atom. The van der Waals surface area contributed by atoms with Crippen LogP contribution in [0.15, 0.2) is 24.3 Å². The average Bonchev–Trinajstić information content (AvgIpc) is 3.30. The smallest absolute Gasteiger partial charge is 0.235 e. The van der Waals surface area contributed by atoms with Gasteiger partial charge in [0.05, 0.1) is 11.5 Å². The molecule has 3 rings (SSSR count). The van der Waals surface area contributed by atoms with Crippen LogP contribution in [0, 0.1) is 11.2 Å². The summed E-state index contributed by atoms with van der Waals surface area (Å²) in [7, 11) is -3.09. The molecule has 1 aromatic carbocycles. The zero-order valence-corrected chi connectivity index (χ0v) is 14.6. The zero-order chi connectivity index (χ0) is 18.1. The summed E-state index contributed by atoms with van der Waals surface area (Å²) < 4.78 is 36.5. The van der Waals surface area contributed by atoms with Crippen molar-refractivity contribution in [3.63, 3.8) is 0 Å². The van der Waals surface area contributed by atoms with Gasteiger partial charge in [0.1, 0.15) is 11.2 Å². The molecule has 1 saturated heterocycles. The van der Waals surface area contributed by atoms with Gasteiger partial charge in [0.15, 0.2) is 9.84 Å². The standard InChI is InChI=1S/C17H21FN2O4S/c18-14-4-2-1-3-12(14)5-9-19-15(21)17(7-8-17)16(22)20-13-6-10-25(23,24)11-13/h1-4,13H,5-11H2,(H,19,21)(H,20,22). The lowest BCUT2D eigenvalue weighted by Gasteiger charge is -2.18. The monoisotopic (exact) mass is 368 g/mol. The summed E-state index contributed by atoms with van der Waals surface area (Å²) >= 11 is 0. The van der Waals surface area contributed by atoms with E-state index in [-0.39, 0.29) is 29.8 Å². The molecule has 2 N–H and O–H groups in total. The third kappa shape index (κ3) is 4.00. The van der Waals surface area contributed by atoms with Gasteiger partial charge >= 0.3 is 0 Å². The quantitative estimate of drug-likeness (QED) is 0.718. The van der Waals surface area contributed by atoms with Crippen LogP contribution >= 0.6 is 0 Å². The van der Waals surface area contributed by atoms with Crippen molar-refractivity contribution in [3.8, 4) is 0 Å². The van der Waals surface area contributed by atoms with Crippen LogP contribution in [0.25, 0.3) is 0 Å². The number of nitrogens with one attached hydrogen (secondary N) is 2. The van der Waals surface area contributed by atoms with Crippen LogP contribution in [-0.2, 0) is 25.8 Å². The van der Waals surface area contributed by atoms with Crippen LogP contribution in [0.4, 0.5) is 4.39 Å². The second-order valence-electron chi connectivity index (χ2n) is 6.75. The predicted octanol–water partition coefficient (Wildman–Crippen LogP) is 0.568. The number of hydrogen-bond donors (Lipinski definition) is 2. The highest BCUT2D eigenvalue weighted by atomic mass is 32.2. The van der Waals surface area contributed by atoms with Gasteiger partial charge in [-0.25, -0.2) is 12.8 Å². The van der Waals surface area contributed by atoms with Gasteiger partial charge < -0.3 is 10.6 Å². The van der Waals surface area contributed by atoms with E-state index in [1.54, 1.807) is 18.2 Å². The summed E-state index contributed by atoms with van der Waals surface area (Å²) in [6.45, 7) is 0.243. The summed E-state index contributed by atoms with van der Waals surface area (Å²) in [6.07, 6.45) is 1.63. The molecular formula is C17H21FN2O4S. The number of carbonyl (C=O) groups is 2. The molecule has 1 unspecified atom stereocenters. The van der Waals surface area contributed by atoms with Crippen LogP contribution in [0.1, 0.15) is 24.8 Å². The lowest BCUT2D eigenvalue weighted by molar-refractivity contribution is -0.137. The SMILES string of the molecule is O=C(NCCc1ccccc1F)C1(C(=O)NC2CCS(=O)(=O)C2)CC1. The number of carbonyl (C=O) groups excluding carboxylic acids is 2. The van der Waals surface area contributed by atoms with Crippen LogP contribution in [0.5, 0.6) is 0 Å². The third-order valence-electron chi connectivity index (χ3n) is 4.82. The van der Waals surface area contributed by atoms with Crippen molar-refractivity contribution in [1.29, 1.82) is 0 Å². The molecule has 25 heavy (non-hydrogen) atoms. The number of rotatable bonds is 6. The Labute approximate surface area is 146 Å². The van der Waals surface area contributed by atoms with Gasteiger partial charge in [0.25, 0.3) is 0 Å². The minimum absolute atomic E-state index is 0.0658. The molecular weight excluding hydrogens is 347 g/mol. The van der Waals surface area contributed by atoms with Gasteiger partial charge in [-0.3, -0.25) is 9.59 Å². The zero-order valence-electron chi connectivity index (χ0n) is 13.8. The van der Waals surface area contributed by atoms with Gasteiger partial charge in [-0.05, 0) is 37.3 Å². The maximum Gasteiger partial charge on any atom is 0.235 e. The molecule has 1 atom stereocenters. The maximum atomic E-state index is 13.6. The number of sulfone groups is 1. The van der Waals surface area contributed by atoms with Crippen LogP contribution < -0.4 is 10.6 Å². The van der Waals surface area contributed by atoms with Gasteiger partial charge in [-0.1, -0.05) is 18.2 Å². The number of amides is 2. The van der Waals surface area contributed by atoms with E-state index in [0.29, 0.717) is 31.2 Å². The molecule has 2 fully saturated rings. The molecule has 8 heteroatoms. The third-order valence-corrected chi connectivity index (χ3v) is 6.59. The molecule has 1 aliphatic carbocycles. The van der Waals surface area contributed by atoms with E-state index < -0.39 is 27.2 Å². The Kier molecular flexibility index (Phi) is 4.81. The highest BCUT2D eigenvalue weighted by Gasteiger charge is 2.56. The largest absolute Gasteiger partial charge is 0.355 e. The molecule has 6 nitrogen and oxygen atoms in total. The molecule has 0 bridgehead atoms. The van der Waals surface area contributed by atoms with Crippen molar-refractivity contribution in [1.82, 2.24) is 10.6 Å². The molecule has 1 heterocycles. The van der Waals surface area contributed by atoms with Crippen molar-refractivity contribution >= 4 is 21.7 Å². The molecule has 0 spiro atoms. The average molecular weight is 368 g/mol. The first-order chi connectivity index (χ1) is 11.8. The van der Waals surface area contributed by atoms with Crippen LogP contribution in [0.3, 0.4) is 0 Å². The van der Waals surface area contributed by atoms with Crippen molar-refractivity contribution in [3.05, 3.63) is 35.6 Å². The van der Waals surface area contributed by atoms with Gasteiger partial charge in [0, 0.05) is 12.6 Å². The highest BCUT2D eigenvalue weighted by molar-refractivity contribution is 7.91. The van der Waals surface area contributed by atoms with Gasteiger partial charge in [-0.15, -0.1) is 0 Å². The number of hydrogen-bond acceptors (Lipinski definition) is 4. The minimum atomic E-state index is -3.09. The first kappa shape index (κ1) is 17.8. The Bertz CT molecular complexity index is 790. The molecule has 0 radical (unpaired) electrons. The highest BCUT2D eigenvalue weighted by Crippen LogP contribution is 2.46. The second-order valence-corrected chi connectivity index (χ2v) is 8.98. The summed E-state index contributed by atoms with van der Waals surface area (Å²) in [5, 5.41) is 5.39. The normalized spacial score (nSPS) is 23.0. The Balaban J connectivity index is 1.51. The number of halogens is 1. The Morgan fingerprint density at radius 1 is 1.20 bits per heavy atom. The van der Waals surface area contributed by atoms with Crippen molar-refractivity contribution in [2.75, 3.05) is 18.1 Å². The van der Waals surface area contributed by atoms with Crippen LogP contribution in [0.2, 0.25) is 0 Å². The lowest BCUT2D eigenvalue weighted by Crippen LogP contribution is -2.47. The fraction of sp³-hybridized carbons (Fsp3) is 0.529. The van der Waals surface area contributed by atoms with Crippen molar-refractivity contribution < 1.29 is 22.4 Å². The van der Waals surface area contributed by atoms with Gasteiger partial charge in [-0.2, -0.15) is 0 Å². The number of benzene rings is 1. The van der Waals surface area contributed by atoms with E-state index >= 15 is 0 Å². The molecule has 136 valence electrons. The maximum absolute atomic E-state index is 13.6. The molecule has 1 saturated carbocycles. The molecule has 0 aromatic heterocycles. The summed E-state index contributed by atoms with van der Waals surface area (Å²) in [5.74, 6) is -1.10.